The smallest absolute Gasteiger partial charge is 0.0541 e. The van der Waals surface area contributed by atoms with Gasteiger partial charge in [-0.15, -0.1) is 0 Å². The van der Waals surface area contributed by atoms with Crippen molar-refractivity contribution in [2.24, 2.45) is 0 Å². The van der Waals surface area contributed by atoms with Gasteiger partial charge in [-0.25, -0.2) is 0 Å². The maximum atomic E-state index is 2.40. The topological polar surface area (TPSA) is 9.86 Å². The van der Waals surface area contributed by atoms with Crippen molar-refractivity contribution < 1.29 is 0 Å². The third kappa shape index (κ3) is 4.88. The van der Waals surface area contributed by atoms with Crippen molar-refractivity contribution in [3.63, 3.8) is 0 Å². The molecule has 0 amide bonds. The van der Waals surface area contributed by atoms with Crippen LogP contribution in [0.25, 0.3) is 89.6 Å². The fourth-order valence-electron chi connectivity index (χ4n) is 7.68. The molecular weight excluding hydrogens is 605 g/mol. The van der Waals surface area contributed by atoms with Crippen molar-refractivity contribution in [1.29, 1.82) is 0 Å². The molecule has 0 N–H and O–H groups in total. The largest absolute Gasteiger partial charge is 0.310 e. The van der Waals surface area contributed by atoms with Gasteiger partial charge in [-0.05, 0) is 108 Å². The van der Waals surface area contributed by atoms with Crippen molar-refractivity contribution in [2.45, 2.75) is 13.8 Å². The second kappa shape index (κ2) is 12.3. The molecule has 9 aromatic rings. The third-order valence-electron chi connectivity index (χ3n) is 10.1. The van der Waals surface area contributed by atoms with Gasteiger partial charge in [-0.2, -0.15) is 0 Å². The summed E-state index contributed by atoms with van der Waals surface area (Å²) in [4.78, 5) is 0. The van der Waals surface area contributed by atoms with E-state index in [2.05, 4.69) is 205 Å². The average molecular weight is 641 g/mol. The highest BCUT2D eigenvalue weighted by Gasteiger charge is 2.16. The molecule has 0 atom stereocenters. The number of fused-ring (bicyclic) bond motifs is 4. The van der Waals surface area contributed by atoms with Crippen molar-refractivity contribution in [3.05, 3.63) is 180 Å². The summed E-state index contributed by atoms with van der Waals surface area (Å²) in [5, 5.41) is 6.23. The van der Waals surface area contributed by atoms with Gasteiger partial charge in [0, 0.05) is 38.1 Å². The van der Waals surface area contributed by atoms with Gasteiger partial charge in [0.25, 0.3) is 0 Å². The molecule has 7 aromatic carbocycles. The number of rotatable bonds is 5. The number of aromatic nitrogens is 2. The lowest BCUT2D eigenvalue weighted by atomic mass is 9.98. The highest BCUT2D eigenvalue weighted by atomic mass is 15.0. The fourth-order valence-corrected chi connectivity index (χ4v) is 7.68. The van der Waals surface area contributed by atoms with Gasteiger partial charge >= 0.3 is 0 Å². The van der Waals surface area contributed by atoms with Crippen molar-refractivity contribution in [3.8, 4) is 44.8 Å². The van der Waals surface area contributed by atoms with E-state index in [1.807, 2.05) is 0 Å². The van der Waals surface area contributed by atoms with Crippen LogP contribution in [0.1, 0.15) is 13.8 Å². The Kier molecular flexibility index (Phi) is 7.29. The summed E-state index contributed by atoms with van der Waals surface area (Å²) in [6.45, 7) is 4.27. The Balaban J connectivity index is 1.22. The molecule has 0 spiro atoms. The minimum Gasteiger partial charge on any atom is -0.310 e. The van der Waals surface area contributed by atoms with E-state index in [-0.39, 0.29) is 0 Å². The van der Waals surface area contributed by atoms with E-state index in [1.165, 1.54) is 82.3 Å². The summed E-state index contributed by atoms with van der Waals surface area (Å²) in [5.74, 6) is 0. The quantitative estimate of drug-likeness (QED) is 0.177. The summed E-state index contributed by atoms with van der Waals surface area (Å²) in [6.07, 6.45) is 4.46. The number of benzene rings is 7. The Labute approximate surface area is 292 Å². The summed E-state index contributed by atoms with van der Waals surface area (Å²) in [5.41, 5.74) is 13.3. The van der Waals surface area contributed by atoms with Crippen LogP contribution in [0.3, 0.4) is 0 Å². The monoisotopic (exact) mass is 640 g/mol. The molecule has 0 aliphatic rings. The minimum atomic E-state index is 1.16. The maximum Gasteiger partial charge on any atom is 0.0541 e. The van der Waals surface area contributed by atoms with Crippen LogP contribution in [0.2, 0.25) is 0 Å². The summed E-state index contributed by atoms with van der Waals surface area (Å²) >= 11 is 0. The molecule has 9 rings (SSSR count). The van der Waals surface area contributed by atoms with Crippen molar-refractivity contribution >= 4 is 44.9 Å². The first-order valence-electron chi connectivity index (χ1n) is 17.3. The molecule has 0 saturated heterocycles. The minimum absolute atomic E-state index is 1.16. The van der Waals surface area contributed by atoms with Crippen LogP contribution < -0.4 is 10.6 Å². The van der Waals surface area contributed by atoms with Crippen LogP contribution in [-0.2, 0) is 0 Å². The maximum absolute atomic E-state index is 2.40. The first-order valence-corrected chi connectivity index (χ1v) is 17.3. The van der Waals surface area contributed by atoms with Gasteiger partial charge < -0.3 is 9.13 Å². The van der Waals surface area contributed by atoms with E-state index in [9.17, 15) is 0 Å². The van der Waals surface area contributed by atoms with Gasteiger partial charge in [0.15, 0.2) is 0 Å². The van der Waals surface area contributed by atoms with E-state index in [0.717, 1.165) is 5.69 Å². The Bertz CT molecular complexity index is 2790. The van der Waals surface area contributed by atoms with Crippen LogP contribution in [0.4, 0.5) is 0 Å². The molecule has 2 heterocycles. The summed E-state index contributed by atoms with van der Waals surface area (Å²) < 4.78 is 4.77. The Hall–Kier alpha value is -6.38. The lowest BCUT2D eigenvalue weighted by molar-refractivity contribution is 1.07. The number of hydrogen-bond acceptors (Lipinski definition) is 0. The zero-order valence-corrected chi connectivity index (χ0v) is 28.2. The number of nitrogens with zero attached hydrogens (tertiary/aromatic N) is 2. The molecule has 2 heteroatoms. The second-order valence-corrected chi connectivity index (χ2v) is 12.9. The SMILES string of the molecule is C/C=c1\c(=C/C)n(-c2ccccc2)c2ccc(-c3ccc4c(c3)c3cc(-c5ccc(-c6ccccc6)cc5)ccc3n4-c3ccccc3)cc12. The van der Waals surface area contributed by atoms with Gasteiger partial charge in [0.1, 0.15) is 0 Å². The molecule has 0 fully saturated rings. The second-order valence-electron chi connectivity index (χ2n) is 12.9. The highest BCUT2D eigenvalue weighted by molar-refractivity contribution is 6.11. The standard InChI is InChI=1S/C48H36N2/c1-3-41-42-31-37(25-28-46(42)49(45(41)4-2)39-16-10-6-11-17-39)38-26-29-48-44(32-38)43-30-36(24-27-47(43)50(48)40-18-12-7-13-19-40)35-22-20-34(21-23-35)33-14-8-5-9-15-33/h3-32H,1-2H3/b41-3-,45-4+. The van der Waals surface area contributed by atoms with Gasteiger partial charge in [0.2, 0.25) is 0 Å². The molecule has 0 unspecified atom stereocenters. The Morgan fingerprint density at radius 2 is 0.720 bits per heavy atom. The zero-order chi connectivity index (χ0) is 33.6. The third-order valence-corrected chi connectivity index (χ3v) is 10.1. The van der Waals surface area contributed by atoms with Crippen LogP contribution >= 0.6 is 0 Å². The fraction of sp³-hybridized carbons (Fsp3) is 0.0417. The molecule has 0 aliphatic heterocycles. The predicted molar refractivity (Wildman–Crippen MR) is 213 cm³/mol. The average Bonchev–Trinajstić information content (AvgIpc) is 3.70. The van der Waals surface area contributed by atoms with Crippen LogP contribution in [0, 0.1) is 0 Å². The first-order chi connectivity index (χ1) is 24.7. The number of hydrogen-bond donors (Lipinski definition) is 0. The van der Waals surface area contributed by atoms with Gasteiger partial charge in [-0.1, -0.05) is 121 Å². The molecule has 0 bridgehead atoms. The van der Waals surface area contributed by atoms with E-state index in [0.29, 0.717) is 0 Å². The summed E-state index contributed by atoms with van der Waals surface area (Å²) in [7, 11) is 0. The molecule has 0 radical (unpaired) electrons. The molecule has 50 heavy (non-hydrogen) atoms. The highest BCUT2D eigenvalue weighted by Crippen LogP contribution is 2.38. The van der Waals surface area contributed by atoms with Crippen molar-refractivity contribution in [2.75, 3.05) is 0 Å². The first kappa shape index (κ1) is 29.7. The van der Waals surface area contributed by atoms with E-state index in [1.54, 1.807) is 0 Å². The van der Waals surface area contributed by atoms with Crippen LogP contribution in [0.5, 0.6) is 0 Å². The van der Waals surface area contributed by atoms with Crippen LogP contribution in [0.15, 0.2) is 170 Å². The predicted octanol–water partition coefficient (Wildman–Crippen LogP) is 11.3. The zero-order valence-electron chi connectivity index (χ0n) is 28.2. The molecular formula is C48H36N2. The Morgan fingerprint density at radius 3 is 1.22 bits per heavy atom. The number of para-hydroxylation sites is 2. The van der Waals surface area contributed by atoms with Gasteiger partial charge in [-0.3, -0.25) is 0 Å². The molecule has 2 aromatic heterocycles. The lowest BCUT2D eigenvalue weighted by Crippen LogP contribution is -2.27. The lowest BCUT2D eigenvalue weighted by Gasteiger charge is -2.09. The van der Waals surface area contributed by atoms with Crippen molar-refractivity contribution in [1.82, 2.24) is 9.13 Å². The normalized spacial score (nSPS) is 12.4. The van der Waals surface area contributed by atoms with E-state index in [4.69, 9.17) is 0 Å². The molecule has 238 valence electrons. The summed E-state index contributed by atoms with van der Waals surface area (Å²) in [6, 6.07) is 61.7. The van der Waals surface area contributed by atoms with E-state index < -0.39 is 0 Å². The van der Waals surface area contributed by atoms with E-state index >= 15 is 0 Å². The Morgan fingerprint density at radius 1 is 0.340 bits per heavy atom. The molecule has 0 aliphatic carbocycles. The van der Waals surface area contributed by atoms with Crippen LogP contribution in [-0.4, -0.2) is 9.13 Å². The van der Waals surface area contributed by atoms with Gasteiger partial charge in [0.05, 0.1) is 16.6 Å². The molecule has 0 saturated carbocycles. The molecule has 2 nitrogen and oxygen atoms in total.